The number of rotatable bonds is 4. The monoisotopic (exact) mass is 401 g/mol. The number of fused-ring (bicyclic) bond motifs is 1. The van der Waals surface area contributed by atoms with Crippen LogP contribution in [0.3, 0.4) is 0 Å². The topological polar surface area (TPSA) is 47.6 Å². The molecule has 150 valence electrons. The molecular weight excluding hydrogens is 374 g/mol. The summed E-state index contributed by atoms with van der Waals surface area (Å²) in [4.78, 5) is 12.4. The van der Waals surface area contributed by atoms with Crippen LogP contribution in [0.15, 0.2) is 36.4 Å². The molecule has 1 heterocycles. The van der Waals surface area contributed by atoms with E-state index in [-0.39, 0.29) is 11.9 Å². The fourth-order valence-corrected chi connectivity index (χ4v) is 3.59. The van der Waals surface area contributed by atoms with E-state index in [2.05, 4.69) is 24.4 Å². The number of carbonyl (C=O) groups excluding carboxylic acids is 1. The van der Waals surface area contributed by atoms with E-state index >= 15 is 0 Å². The molecule has 0 bridgehead atoms. The normalized spacial score (nSPS) is 16.4. The molecule has 0 aliphatic carbocycles. The minimum Gasteiger partial charge on any atom is -0.491 e. The summed E-state index contributed by atoms with van der Waals surface area (Å²) >= 11 is 6.20. The zero-order chi connectivity index (χ0) is 20.3. The van der Waals surface area contributed by atoms with Gasteiger partial charge in [-0.25, -0.2) is 4.79 Å². The van der Waals surface area contributed by atoms with Gasteiger partial charge in [0.2, 0.25) is 0 Å². The van der Waals surface area contributed by atoms with Crippen LogP contribution in [-0.4, -0.2) is 24.7 Å². The van der Waals surface area contributed by atoms with Crippen molar-refractivity contribution in [1.29, 1.82) is 0 Å². The first-order valence-electron chi connectivity index (χ1n) is 9.79. The summed E-state index contributed by atoms with van der Waals surface area (Å²) in [5.74, 6) is 0.623. The Morgan fingerprint density at radius 2 is 2.04 bits per heavy atom. The van der Waals surface area contributed by atoms with E-state index < -0.39 is 5.60 Å². The van der Waals surface area contributed by atoms with Gasteiger partial charge >= 0.3 is 5.97 Å². The molecule has 1 aliphatic rings. The summed E-state index contributed by atoms with van der Waals surface area (Å²) in [6.45, 7) is 9.05. The quantitative estimate of drug-likeness (QED) is 0.654. The van der Waals surface area contributed by atoms with Crippen LogP contribution in [0.2, 0.25) is 5.02 Å². The number of hydrogen-bond acceptors (Lipinski definition) is 4. The van der Waals surface area contributed by atoms with Gasteiger partial charge in [-0.3, -0.25) is 0 Å². The van der Waals surface area contributed by atoms with Crippen LogP contribution in [0, 0.1) is 0 Å². The Morgan fingerprint density at radius 3 is 2.75 bits per heavy atom. The van der Waals surface area contributed by atoms with E-state index in [1.54, 1.807) is 12.1 Å². The number of halogens is 1. The Morgan fingerprint density at radius 1 is 1.25 bits per heavy atom. The van der Waals surface area contributed by atoms with Gasteiger partial charge in [-0.2, -0.15) is 0 Å². The fraction of sp³-hybridized carbons (Fsp3) is 0.435. The van der Waals surface area contributed by atoms with Gasteiger partial charge in [-0.1, -0.05) is 31.0 Å². The Hall–Kier alpha value is -2.20. The zero-order valence-electron chi connectivity index (χ0n) is 17.0. The van der Waals surface area contributed by atoms with Crippen molar-refractivity contribution in [3.05, 3.63) is 58.1 Å². The lowest BCUT2D eigenvalue weighted by Gasteiger charge is -2.20. The van der Waals surface area contributed by atoms with Crippen LogP contribution < -0.4 is 10.1 Å². The lowest BCUT2D eigenvalue weighted by atomic mass is 9.92. The van der Waals surface area contributed by atoms with Crippen LogP contribution >= 0.6 is 11.6 Å². The number of anilines is 1. The molecule has 0 unspecified atom stereocenters. The van der Waals surface area contributed by atoms with E-state index in [0.29, 0.717) is 12.2 Å². The van der Waals surface area contributed by atoms with E-state index in [1.165, 1.54) is 11.1 Å². The van der Waals surface area contributed by atoms with E-state index in [4.69, 9.17) is 21.1 Å². The van der Waals surface area contributed by atoms with E-state index in [0.717, 1.165) is 35.8 Å². The third-order valence-electron chi connectivity index (χ3n) is 4.66. The molecule has 1 aliphatic heterocycles. The van der Waals surface area contributed by atoms with E-state index in [9.17, 15) is 4.79 Å². The van der Waals surface area contributed by atoms with Crippen molar-refractivity contribution in [2.75, 3.05) is 18.5 Å². The lowest BCUT2D eigenvalue weighted by Crippen LogP contribution is -2.23. The molecule has 0 saturated carbocycles. The maximum Gasteiger partial charge on any atom is 0.338 e. The van der Waals surface area contributed by atoms with Crippen LogP contribution in [0.25, 0.3) is 0 Å². The van der Waals surface area contributed by atoms with Gasteiger partial charge in [-0.15, -0.1) is 0 Å². The molecule has 5 heteroatoms. The first kappa shape index (κ1) is 20.5. The molecule has 28 heavy (non-hydrogen) atoms. The van der Waals surface area contributed by atoms with Crippen molar-refractivity contribution >= 4 is 23.3 Å². The van der Waals surface area contributed by atoms with Crippen molar-refractivity contribution in [3.8, 4) is 5.75 Å². The molecule has 0 radical (unpaired) electrons. The second-order valence-corrected chi connectivity index (χ2v) is 8.63. The third kappa shape index (κ3) is 4.99. The van der Waals surface area contributed by atoms with Crippen LogP contribution in [0.5, 0.6) is 5.75 Å². The zero-order valence-corrected chi connectivity index (χ0v) is 17.7. The smallest absolute Gasteiger partial charge is 0.338 e. The number of nitrogens with one attached hydrogen (secondary N) is 1. The first-order valence-corrected chi connectivity index (χ1v) is 10.2. The number of ether oxygens (including phenoxy) is 2. The highest BCUT2D eigenvalue weighted by molar-refractivity contribution is 6.30. The average Bonchev–Trinajstić information content (AvgIpc) is 2.83. The highest BCUT2D eigenvalue weighted by Crippen LogP contribution is 2.33. The molecule has 3 rings (SSSR count). The van der Waals surface area contributed by atoms with Crippen molar-refractivity contribution < 1.29 is 14.3 Å². The van der Waals surface area contributed by atoms with Crippen LogP contribution in [0.4, 0.5) is 5.69 Å². The third-order valence-corrected chi connectivity index (χ3v) is 4.89. The maximum absolute atomic E-state index is 12.4. The molecule has 2 aromatic carbocycles. The highest BCUT2D eigenvalue weighted by Gasteiger charge is 2.23. The summed E-state index contributed by atoms with van der Waals surface area (Å²) < 4.78 is 11.5. The Labute approximate surface area is 172 Å². The Bertz CT molecular complexity index is 857. The average molecular weight is 402 g/mol. The van der Waals surface area contributed by atoms with Gasteiger partial charge in [0.15, 0.2) is 0 Å². The van der Waals surface area contributed by atoms with Gasteiger partial charge in [0.25, 0.3) is 0 Å². The summed E-state index contributed by atoms with van der Waals surface area (Å²) in [5, 5.41) is 4.21. The van der Waals surface area contributed by atoms with Gasteiger partial charge in [-0.05, 0) is 68.7 Å². The fourth-order valence-electron chi connectivity index (χ4n) is 3.40. The molecular formula is C23H28ClNO3. The second-order valence-electron chi connectivity index (χ2n) is 8.19. The minimum atomic E-state index is -0.525. The molecule has 0 fully saturated rings. The number of esters is 1. The Balaban J connectivity index is 1.79. The number of hydrogen-bond donors (Lipinski definition) is 1. The highest BCUT2D eigenvalue weighted by atomic mass is 35.5. The number of carbonyl (C=O) groups is 1. The summed E-state index contributed by atoms with van der Waals surface area (Å²) in [6.07, 6.45) is 2.05. The molecule has 0 amide bonds. The van der Waals surface area contributed by atoms with Crippen LogP contribution in [0.1, 0.15) is 61.5 Å². The Kier molecular flexibility index (Phi) is 6.19. The minimum absolute atomic E-state index is 0.205. The van der Waals surface area contributed by atoms with Gasteiger partial charge < -0.3 is 14.8 Å². The molecule has 4 nitrogen and oxygen atoms in total. The molecule has 2 aromatic rings. The van der Waals surface area contributed by atoms with Crippen molar-refractivity contribution in [1.82, 2.24) is 0 Å². The van der Waals surface area contributed by atoms with Gasteiger partial charge in [0, 0.05) is 17.5 Å². The summed E-state index contributed by atoms with van der Waals surface area (Å²) in [6, 6.07) is 11.5. The maximum atomic E-state index is 12.4. The number of benzene rings is 2. The van der Waals surface area contributed by atoms with E-state index in [1.807, 2.05) is 32.9 Å². The molecule has 1 N–H and O–H groups in total. The lowest BCUT2D eigenvalue weighted by molar-refractivity contribution is 0.00696. The van der Waals surface area contributed by atoms with Gasteiger partial charge in [0.1, 0.15) is 11.4 Å². The molecule has 1 atom stereocenters. The first-order chi connectivity index (χ1) is 13.3. The SMILES string of the molecule is CCCc1cc(Cl)ccc1[C@H]1CNc2cc(C(=O)OC(C)(C)C)ccc2OC1. The summed E-state index contributed by atoms with van der Waals surface area (Å²) in [7, 11) is 0. The van der Waals surface area contributed by atoms with Crippen molar-refractivity contribution in [2.24, 2.45) is 0 Å². The van der Waals surface area contributed by atoms with Gasteiger partial charge in [0.05, 0.1) is 17.9 Å². The second kappa shape index (κ2) is 8.44. The molecule has 0 spiro atoms. The van der Waals surface area contributed by atoms with Crippen molar-refractivity contribution in [3.63, 3.8) is 0 Å². The molecule has 0 saturated heterocycles. The molecule has 0 aromatic heterocycles. The predicted molar refractivity (Wildman–Crippen MR) is 114 cm³/mol. The van der Waals surface area contributed by atoms with Crippen LogP contribution in [-0.2, 0) is 11.2 Å². The van der Waals surface area contributed by atoms with Crippen molar-refractivity contribution in [2.45, 2.75) is 52.1 Å². The summed E-state index contributed by atoms with van der Waals surface area (Å²) in [5.41, 5.74) is 3.34. The predicted octanol–water partition coefficient (Wildman–Crippen LogP) is 5.84. The largest absolute Gasteiger partial charge is 0.491 e. The standard InChI is InChI=1S/C23H28ClNO3/c1-5-6-15-11-18(24)8-9-19(15)17-13-25-20-12-16(7-10-21(20)27-14-17)22(26)28-23(2,3)4/h7-12,17,25H,5-6,13-14H2,1-4H3/t17-/m0/s1. The number of aryl methyl sites for hydroxylation is 1.